The molecule has 0 heterocycles. The fourth-order valence-corrected chi connectivity index (χ4v) is 2.29. The second kappa shape index (κ2) is 5.47. The third-order valence-corrected chi connectivity index (χ3v) is 3.44. The lowest BCUT2D eigenvalue weighted by Crippen LogP contribution is -2.44. The van der Waals surface area contributed by atoms with Crippen LogP contribution in [0.5, 0.6) is 0 Å². The number of anilines is 1. The average Bonchev–Trinajstić information content (AvgIpc) is 2.32. The third-order valence-electron chi connectivity index (χ3n) is 2.77. The van der Waals surface area contributed by atoms with Crippen molar-refractivity contribution in [3.63, 3.8) is 0 Å². The van der Waals surface area contributed by atoms with Gasteiger partial charge in [-0.3, -0.25) is 4.79 Å². The SMILES string of the molecule is O=C(O)C1C=CC(F)=CC1(F)Nc1ccc(I)cc1F. The largest absolute Gasteiger partial charge is 0.481 e. The number of aliphatic carboxylic acids is 1. The second-order valence-corrected chi connectivity index (χ2v) is 5.47. The molecule has 0 amide bonds. The molecule has 2 rings (SSSR count). The van der Waals surface area contributed by atoms with Gasteiger partial charge in [0.25, 0.3) is 0 Å². The van der Waals surface area contributed by atoms with Crippen molar-refractivity contribution in [2.75, 3.05) is 5.32 Å². The lowest BCUT2D eigenvalue weighted by atomic mass is 9.92. The topological polar surface area (TPSA) is 49.3 Å². The molecule has 0 fully saturated rings. The fraction of sp³-hybridized carbons (Fsp3) is 0.154. The molecule has 0 saturated heterocycles. The molecule has 2 atom stereocenters. The Morgan fingerprint density at radius 2 is 2.10 bits per heavy atom. The van der Waals surface area contributed by atoms with E-state index in [9.17, 15) is 18.0 Å². The van der Waals surface area contributed by atoms with Crippen LogP contribution >= 0.6 is 22.6 Å². The molecule has 1 aliphatic carbocycles. The number of hydrogen-bond donors (Lipinski definition) is 2. The summed E-state index contributed by atoms with van der Waals surface area (Å²) < 4.78 is 42.1. The Kier molecular flexibility index (Phi) is 4.07. The minimum absolute atomic E-state index is 0.237. The summed E-state index contributed by atoms with van der Waals surface area (Å²) in [6.07, 6.45) is 2.24. The van der Waals surface area contributed by atoms with E-state index in [1.54, 1.807) is 0 Å². The van der Waals surface area contributed by atoms with Crippen LogP contribution in [0.25, 0.3) is 0 Å². The molecule has 0 saturated carbocycles. The molecule has 0 aliphatic heterocycles. The van der Waals surface area contributed by atoms with Gasteiger partial charge in [-0.05, 0) is 46.9 Å². The minimum Gasteiger partial charge on any atom is -0.481 e. The quantitative estimate of drug-likeness (QED) is 0.607. The first-order valence-corrected chi connectivity index (χ1v) is 6.61. The van der Waals surface area contributed by atoms with Crippen LogP contribution in [0.3, 0.4) is 0 Å². The molecule has 1 aromatic carbocycles. The van der Waals surface area contributed by atoms with E-state index in [2.05, 4.69) is 5.32 Å². The number of carboxylic acids is 1. The Hall–Kier alpha value is -1.51. The highest BCUT2D eigenvalue weighted by molar-refractivity contribution is 14.1. The van der Waals surface area contributed by atoms with Crippen LogP contribution in [0, 0.1) is 15.3 Å². The summed E-state index contributed by atoms with van der Waals surface area (Å²) in [4.78, 5) is 11.0. The summed E-state index contributed by atoms with van der Waals surface area (Å²) in [7, 11) is 0. The number of nitrogens with one attached hydrogen (secondary N) is 1. The molecular weight excluding hydrogens is 386 g/mol. The van der Waals surface area contributed by atoms with Crippen molar-refractivity contribution in [1.82, 2.24) is 0 Å². The van der Waals surface area contributed by atoms with Gasteiger partial charge in [-0.2, -0.15) is 0 Å². The number of rotatable bonds is 3. The van der Waals surface area contributed by atoms with Crippen molar-refractivity contribution in [2.45, 2.75) is 5.79 Å². The molecule has 1 aliphatic rings. The number of carboxylic acid groups (broad SMARTS) is 1. The first kappa shape index (κ1) is 14.9. The van der Waals surface area contributed by atoms with Crippen molar-refractivity contribution < 1.29 is 23.1 Å². The highest BCUT2D eigenvalue weighted by Gasteiger charge is 2.43. The van der Waals surface area contributed by atoms with E-state index in [0.717, 1.165) is 18.2 Å². The average molecular weight is 395 g/mol. The summed E-state index contributed by atoms with van der Waals surface area (Å²) in [6.45, 7) is 0. The number of halogens is 4. The van der Waals surface area contributed by atoms with E-state index in [0.29, 0.717) is 9.65 Å². The van der Waals surface area contributed by atoms with Gasteiger partial charge in [0.05, 0.1) is 5.69 Å². The van der Waals surface area contributed by atoms with Crippen molar-refractivity contribution in [1.29, 1.82) is 0 Å². The van der Waals surface area contributed by atoms with Gasteiger partial charge < -0.3 is 10.4 Å². The number of allylic oxidation sites excluding steroid dienone is 2. The summed E-state index contributed by atoms with van der Waals surface area (Å²) in [5.41, 5.74) is -0.237. The van der Waals surface area contributed by atoms with Crippen LogP contribution < -0.4 is 5.32 Å². The summed E-state index contributed by atoms with van der Waals surface area (Å²) >= 11 is 1.88. The highest BCUT2D eigenvalue weighted by atomic mass is 127. The normalized spacial score (nSPS) is 25.2. The summed E-state index contributed by atoms with van der Waals surface area (Å²) in [5, 5.41) is 11.1. The molecule has 20 heavy (non-hydrogen) atoms. The summed E-state index contributed by atoms with van der Waals surface area (Å²) in [6, 6.07) is 3.94. The second-order valence-electron chi connectivity index (χ2n) is 4.22. The van der Waals surface area contributed by atoms with E-state index in [1.165, 1.54) is 12.1 Å². The maximum atomic E-state index is 14.7. The number of hydrogen-bond acceptors (Lipinski definition) is 2. The maximum Gasteiger partial charge on any atom is 0.315 e. The first-order valence-electron chi connectivity index (χ1n) is 5.53. The van der Waals surface area contributed by atoms with E-state index in [-0.39, 0.29) is 5.69 Å². The van der Waals surface area contributed by atoms with Gasteiger partial charge in [-0.15, -0.1) is 0 Å². The Morgan fingerprint density at radius 1 is 1.40 bits per heavy atom. The predicted molar refractivity (Wildman–Crippen MR) is 76.0 cm³/mol. The van der Waals surface area contributed by atoms with Crippen LogP contribution in [0.4, 0.5) is 18.9 Å². The summed E-state index contributed by atoms with van der Waals surface area (Å²) in [5.74, 6) is -7.55. The zero-order valence-electron chi connectivity index (χ0n) is 9.91. The smallest absolute Gasteiger partial charge is 0.315 e. The lowest BCUT2D eigenvalue weighted by Gasteiger charge is -2.30. The van der Waals surface area contributed by atoms with Crippen LogP contribution in [-0.2, 0) is 4.79 Å². The predicted octanol–water partition coefficient (Wildman–Crippen LogP) is 3.63. The van der Waals surface area contributed by atoms with Gasteiger partial charge in [0.15, 0.2) is 0 Å². The fourth-order valence-electron chi connectivity index (χ4n) is 1.84. The Morgan fingerprint density at radius 3 is 2.70 bits per heavy atom. The monoisotopic (exact) mass is 395 g/mol. The van der Waals surface area contributed by atoms with Crippen LogP contribution in [0.1, 0.15) is 0 Å². The number of carbonyl (C=O) groups is 1. The van der Waals surface area contributed by atoms with Crippen molar-refractivity contribution in [2.24, 2.45) is 5.92 Å². The van der Waals surface area contributed by atoms with Crippen LogP contribution in [0.2, 0.25) is 0 Å². The minimum atomic E-state index is -2.74. The molecule has 0 spiro atoms. The highest BCUT2D eigenvalue weighted by Crippen LogP contribution is 2.34. The van der Waals surface area contributed by atoms with Crippen LogP contribution in [-0.4, -0.2) is 16.9 Å². The number of alkyl halides is 1. The van der Waals surface area contributed by atoms with Crippen molar-refractivity contribution in [3.8, 4) is 0 Å². The van der Waals surface area contributed by atoms with Gasteiger partial charge in [0.2, 0.25) is 5.79 Å². The van der Waals surface area contributed by atoms with Gasteiger partial charge in [0.1, 0.15) is 17.6 Å². The zero-order chi connectivity index (χ0) is 14.9. The molecule has 106 valence electrons. The molecule has 0 bridgehead atoms. The Balaban J connectivity index is 2.37. The molecule has 0 radical (unpaired) electrons. The van der Waals surface area contributed by atoms with Crippen molar-refractivity contribution >= 4 is 34.2 Å². The standard InChI is InChI=1S/C13H9F3INO2/c14-7-1-3-9(12(19)20)13(16,6-7)18-11-4-2-8(17)5-10(11)15/h1-6,9,18H,(H,19,20). The van der Waals surface area contributed by atoms with Gasteiger partial charge in [-0.1, -0.05) is 6.08 Å². The van der Waals surface area contributed by atoms with Gasteiger partial charge in [-0.25, -0.2) is 13.2 Å². The van der Waals surface area contributed by atoms with Crippen molar-refractivity contribution in [3.05, 3.63) is 51.6 Å². The van der Waals surface area contributed by atoms with E-state index in [4.69, 9.17) is 5.11 Å². The molecule has 1 aromatic rings. The molecule has 2 N–H and O–H groups in total. The molecule has 0 aromatic heterocycles. The van der Waals surface area contributed by atoms with Gasteiger partial charge in [0, 0.05) is 9.65 Å². The number of benzene rings is 1. The van der Waals surface area contributed by atoms with E-state index in [1.807, 2.05) is 22.6 Å². The Labute approximate surface area is 126 Å². The third kappa shape index (κ3) is 2.97. The first-order chi connectivity index (χ1) is 9.32. The molecule has 2 unspecified atom stereocenters. The maximum absolute atomic E-state index is 14.7. The van der Waals surface area contributed by atoms with Gasteiger partial charge >= 0.3 is 5.97 Å². The molecule has 3 nitrogen and oxygen atoms in total. The zero-order valence-corrected chi connectivity index (χ0v) is 12.1. The van der Waals surface area contributed by atoms with E-state index >= 15 is 0 Å². The van der Waals surface area contributed by atoms with Crippen LogP contribution in [0.15, 0.2) is 42.3 Å². The Bertz CT molecular complexity index is 618. The lowest BCUT2D eigenvalue weighted by molar-refractivity contribution is -0.143. The molecule has 7 heteroatoms. The molecular formula is C13H9F3INO2. The van der Waals surface area contributed by atoms with E-state index < -0.39 is 29.3 Å².